The van der Waals surface area contributed by atoms with E-state index in [-0.39, 0.29) is 16.5 Å². The third kappa shape index (κ3) is 13.4. The van der Waals surface area contributed by atoms with Crippen LogP contribution in [0.2, 0.25) is 0 Å². The van der Waals surface area contributed by atoms with E-state index >= 15 is 0 Å². The van der Waals surface area contributed by atoms with Crippen molar-refractivity contribution >= 4 is 22.8 Å². The van der Waals surface area contributed by atoms with E-state index in [9.17, 15) is 0 Å². The Bertz CT molecular complexity index is 899. The van der Waals surface area contributed by atoms with E-state index in [0.29, 0.717) is 0 Å². The van der Waals surface area contributed by atoms with Crippen molar-refractivity contribution in [3.8, 4) is 0 Å². The fraction of sp³-hybridized carbons (Fsp3) is 0.515. The predicted molar refractivity (Wildman–Crippen MR) is 157 cm³/mol. The molecule has 0 radical (unpaired) electrons. The van der Waals surface area contributed by atoms with Crippen LogP contribution in [0.5, 0.6) is 0 Å². The first-order chi connectivity index (χ1) is 17.3. The standard InChI is InChI=1S/C33H48N2.Ni/c1-4-7-10-11-12-13-14-15-17-22-29-23-20-21-28-31(29)35-33(27-9-6-3)32(26-8-5-2)34-30-24-18-16-19-25-30;/h13-14,16,18-21,23-25,28H,4-12,15,17,22,26-27H2,1-3H3;. The molecule has 0 N–H and O–H groups in total. The van der Waals surface area contributed by atoms with Gasteiger partial charge in [0.15, 0.2) is 0 Å². The van der Waals surface area contributed by atoms with E-state index in [1.54, 1.807) is 0 Å². The van der Waals surface area contributed by atoms with E-state index in [0.717, 1.165) is 68.5 Å². The molecule has 2 aromatic rings. The fourth-order valence-corrected chi connectivity index (χ4v) is 4.19. The number of allylic oxidation sites excluding steroid dienone is 2. The summed E-state index contributed by atoms with van der Waals surface area (Å²) in [6, 6.07) is 19.1. The van der Waals surface area contributed by atoms with Gasteiger partial charge >= 0.3 is 0 Å². The molecule has 0 unspecified atom stereocenters. The molecule has 36 heavy (non-hydrogen) atoms. The van der Waals surface area contributed by atoms with Crippen LogP contribution in [-0.2, 0) is 22.9 Å². The summed E-state index contributed by atoms with van der Waals surface area (Å²) in [4.78, 5) is 10.3. The zero-order valence-corrected chi connectivity index (χ0v) is 23.9. The first-order valence-corrected chi connectivity index (χ1v) is 14.2. The molecule has 3 heteroatoms. The topological polar surface area (TPSA) is 24.7 Å². The number of nitrogens with zero attached hydrogens (tertiary/aromatic N) is 2. The minimum Gasteiger partial charge on any atom is -0.252 e. The molecule has 0 aromatic heterocycles. The zero-order chi connectivity index (χ0) is 25.0. The zero-order valence-electron chi connectivity index (χ0n) is 23.0. The van der Waals surface area contributed by atoms with Crippen molar-refractivity contribution in [2.45, 2.75) is 111 Å². The quantitative estimate of drug-likeness (QED) is 0.0791. The van der Waals surface area contributed by atoms with Crippen LogP contribution in [0, 0.1) is 0 Å². The molecule has 0 amide bonds. The van der Waals surface area contributed by atoms with Crippen LogP contribution in [-0.4, -0.2) is 11.4 Å². The largest absolute Gasteiger partial charge is 0.252 e. The molecule has 0 saturated carbocycles. The van der Waals surface area contributed by atoms with Crippen LogP contribution in [0.25, 0.3) is 0 Å². The van der Waals surface area contributed by atoms with Crippen molar-refractivity contribution in [3.63, 3.8) is 0 Å². The first kappa shape index (κ1) is 32.0. The average molecular weight is 531 g/mol. The molecule has 0 aliphatic rings. The van der Waals surface area contributed by atoms with Gasteiger partial charge in [-0.3, -0.25) is 9.98 Å². The number of benzene rings is 2. The molecule has 0 aliphatic heterocycles. The molecular formula is C33H48N2Ni. The Morgan fingerprint density at radius 1 is 0.611 bits per heavy atom. The van der Waals surface area contributed by atoms with Crippen LogP contribution >= 0.6 is 0 Å². The molecule has 0 atom stereocenters. The SMILES string of the molecule is CCCCCCC=CCCCc1ccccc1N=C(CCCC)C(CCCC)=Nc1ccccc1.[Ni]. The average Bonchev–Trinajstić information content (AvgIpc) is 2.89. The predicted octanol–water partition coefficient (Wildman–Crippen LogP) is 10.8. The summed E-state index contributed by atoms with van der Waals surface area (Å²) in [5.41, 5.74) is 5.83. The summed E-state index contributed by atoms with van der Waals surface area (Å²) in [6.07, 6.45) is 21.3. The summed E-state index contributed by atoms with van der Waals surface area (Å²) < 4.78 is 0. The van der Waals surface area contributed by atoms with Gasteiger partial charge in [-0.1, -0.05) is 101 Å². The molecule has 0 saturated heterocycles. The van der Waals surface area contributed by atoms with Crippen molar-refractivity contribution in [1.29, 1.82) is 0 Å². The maximum absolute atomic E-state index is 5.27. The second kappa shape index (κ2) is 21.1. The van der Waals surface area contributed by atoms with E-state index < -0.39 is 0 Å². The van der Waals surface area contributed by atoms with Crippen LogP contribution in [0.3, 0.4) is 0 Å². The van der Waals surface area contributed by atoms with Crippen molar-refractivity contribution < 1.29 is 16.5 Å². The van der Waals surface area contributed by atoms with Gasteiger partial charge in [-0.05, 0) is 81.5 Å². The normalized spacial score (nSPS) is 12.2. The first-order valence-electron chi connectivity index (χ1n) is 14.2. The molecule has 2 nitrogen and oxygen atoms in total. The third-order valence-electron chi connectivity index (χ3n) is 6.34. The van der Waals surface area contributed by atoms with Crippen LogP contribution in [0.4, 0.5) is 11.4 Å². The Balaban J connectivity index is 0.00000648. The van der Waals surface area contributed by atoms with Crippen LogP contribution < -0.4 is 0 Å². The monoisotopic (exact) mass is 530 g/mol. The number of hydrogen-bond donors (Lipinski definition) is 0. The number of hydrogen-bond acceptors (Lipinski definition) is 2. The second-order valence-electron chi connectivity index (χ2n) is 9.50. The van der Waals surface area contributed by atoms with Crippen molar-refractivity contribution in [2.24, 2.45) is 9.98 Å². The maximum atomic E-state index is 5.27. The summed E-state index contributed by atoms with van der Waals surface area (Å²) in [5.74, 6) is 0. The number of unbranched alkanes of at least 4 members (excludes halogenated alkanes) is 7. The summed E-state index contributed by atoms with van der Waals surface area (Å²) >= 11 is 0. The van der Waals surface area contributed by atoms with Gasteiger partial charge in [-0.15, -0.1) is 0 Å². The minimum absolute atomic E-state index is 0. The fourth-order valence-electron chi connectivity index (χ4n) is 4.19. The Kier molecular flexibility index (Phi) is 18.8. The Hall–Kier alpha value is -1.99. The van der Waals surface area contributed by atoms with Crippen LogP contribution in [0.1, 0.15) is 110 Å². The number of para-hydroxylation sites is 2. The number of aryl methyl sites for hydroxylation is 1. The van der Waals surface area contributed by atoms with Crippen molar-refractivity contribution in [1.82, 2.24) is 0 Å². The van der Waals surface area contributed by atoms with Crippen molar-refractivity contribution in [3.05, 3.63) is 72.3 Å². The molecule has 0 fully saturated rings. The molecule has 2 aromatic carbocycles. The van der Waals surface area contributed by atoms with Gasteiger partial charge in [-0.25, -0.2) is 0 Å². The Morgan fingerprint density at radius 2 is 1.19 bits per heavy atom. The summed E-state index contributed by atoms with van der Waals surface area (Å²) in [5, 5.41) is 0. The third-order valence-corrected chi connectivity index (χ3v) is 6.34. The van der Waals surface area contributed by atoms with Gasteiger partial charge in [0, 0.05) is 16.5 Å². The summed E-state index contributed by atoms with van der Waals surface area (Å²) in [7, 11) is 0. The molecule has 0 heterocycles. The van der Waals surface area contributed by atoms with Gasteiger partial charge < -0.3 is 0 Å². The Morgan fingerprint density at radius 3 is 1.86 bits per heavy atom. The van der Waals surface area contributed by atoms with Crippen LogP contribution in [0.15, 0.2) is 76.7 Å². The van der Waals surface area contributed by atoms with Gasteiger partial charge in [-0.2, -0.15) is 0 Å². The van der Waals surface area contributed by atoms with E-state index in [2.05, 4.69) is 87.5 Å². The van der Waals surface area contributed by atoms with Gasteiger partial charge in [0.25, 0.3) is 0 Å². The molecule has 0 bridgehead atoms. The van der Waals surface area contributed by atoms with E-state index in [1.165, 1.54) is 49.8 Å². The Labute approximate surface area is 231 Å². The van der Waals surface area contributed by atoms with E-state index in [1.807, 2.05) is 0 Å². The van der Waals surface area contributed by atoms with Gasteiger partial charge in [0.05, 0.1) is 22.8 Å². The smallest absolute Gasteiger partial charge is 0.0665 e. The molecule has 2 rings (SSSR count). The second-order valence-corrected chi connectivity index (χ2v) is 9.50. The molecular weight excluding hydrogens is 483 g/mol. The minimum atomic E-state index is 0. The molecule has 0 aliphatic carbocycles. The van der Waals surface area contributed by atoms with Gasteiger partial charge in [0.1, 0.15) is 0 Å². The van der Waals surface area contributed by atoms with Crippen molar-refractivity contribution in [2.75, 3.05) is 0 Å². The molecule has 0 spiro atoms. The maximum Gasteiger partial charge on any atom is 0.0665 e. The number of rotatable bonds is 18. The summed E-state index contributed by atoms with van der Waals surface area (Å²) in [6.45, 7) is 6.77. The van der Waals surface area contributed by atoms with Gasteiger partial charge in [0.2, 0.25) is 0 Å². The molecule has 200 valence electrons. The van der Waals surface area contributed by atoms with E-state index in [4.69, 9.17) is 9.98 Å². The number of aliphatic imine (C=N–C) groups is 2.